The first kappa shape index (κ1) is 18.7. The zero-order valence-electron chi connectivity index (χ0n) is 14.6. The molecule has 0 saturated carbocycles. The second-order valence-corrected chi connectivity index (χ2v) is 7.95. The van der Waals surface area contributed by atoms with Crippen molar-refractivity contribution < 1.29 is 14.5 Å². The van der Waals surface area contributed by atoms with E-state index in [1.165, 1.54) is 46.9 Å². The predicted molar refractivity (Wildman–Crippen MR) is 111 cm³/mol. The Morgan fingerprint density at radius 1 is 0.897 bits per heavy atom. The minimum atomic E-state index is -0.770. The number of hydrogen-bond acceptors (Lipinski definition) is 7. The maximum absolute atomic E-state index is 12.3. The second-order valence-electron chi connectivity index (χ2n) is 5.83. The van der Waals surface area contributed by atoms with Gasteiger partial charge in [0.05, 0.1) is 24.9 Å². The SMILES string of the molecule is O=C(NNC(=O)c1ccccc1[N+](=O)[O-])c1ccc(-c2nc3ccccc3s2)s1. The average Bonchev–Trinajstić information content (AvgIpc) is 3.38. The molecule has 0 saturated heterocycles. The number of nitrogens with one attached hydrogen (secondary N) is 2. The molecule has 4 aromatic rings. The Balaban J connectivity index is 1.46. The van der Waals surface area contributed by atoms with Crippen LogP contribution in [0.25, 0.3) is 20.1 Å². The average molecular weight is 424 g/mol. The molecule has 0 aliphatic rings. The van der Waals surface area contributed by atoms with Gasteiger partial charge in [0.15, 0.2) is 0 Å². The number of hydrogen-bond donors (Lipinski definition) is 2. The van der Waals surface area contributed by atoms with Gasteiger partial charge in [-0.3, -0.25) is 30.6 Å². The summed E-state index contributed by atoms with van der Waals surface area (Å²) in [7, 11) is 0. The Hall–Kier alpha value is -3.63. The number of aromatic nitrogens is 1. The zero-order chi connectivity index (χ0) is 20.4. The first-order valence-electron chi connectivity index (χ1n) is 8.33. The smallest absolute Gasteiger partial charge is 0.267 e. The fourth-order valence-corrected chi connectivity index (χ4v) is 4.54. The lowest BCUT2D eigenvalue weighted by Gasteiger charge is -2.06. The molecule has 29 heavy (non-hydrogen) atoms. The van der Waals surface area contributed by atoms with Crippen LogP contribution < -0.4 is 10.9 Å². The molecule has 8 nitrogen and oxygen atoms in total. The number of rotatable bonds is 4. The summed E-state index contributed by atoms with van der Waals surface area (Å²) in [5, 5.41) is 11.8. The molecular weight excluding hydrogens is 412 g/mol. The lowest BCUT2D eigenvalue weighted by molar-refractivity contribution is -0.385. The van der Waals surface area contributed by atoms with E-state index in [9.17, 15) is 19.7 Å². The van der Waals surface area contributed by atoms with E-state index in [-0.39, 0.29) is 11.3 Å². The fourth-order valence-electron chi connectivity index (χ4n) is 2.62. The number of para-hydroxylation sites is 2. The molecule has 2 N–H and O–H groups in total. The maximum atomic E-state index is 12.3. The van der Waals surface area contributed by atoms with Crippen LogP contribution in [0.1, 0.15) is 20.0 Å². The van der Waals surface area contributed by atoms with Crippen LogP contribution in [0.2, 0.25) is 0 Å². The summed E-state index contributed by atoms with van der Waals surface area (Å²) in [6, 6.07) is 16.7. The van der Waals surface area contributed by atoms with Crippen molar-refractivity contribution in [3.8, 4) is 9.88 Å². The van der Waals surface area contributed by atoms with Crippen LogP contribution in [0.4, 0.5) is 5.69 Å². The highest BCUT2D eigenvalue weighted by Crippen LogP contribution is 2.34. The van der Waals surface area contributed by atoms with Crippen LogP contribution in [0.5, 0.6) is 0 Å². The molecule has 2 heterocycles. The lowest BCUT2D eigenvalue weighted by atomic mass is 10.2. The third-order valence-electron chi connectivity index (χ3n) is 3.97. The molecule has 0 radical (unpaired) electrons. The van der Waals surface area contributed by atoms with Crippen LogP contribution in [0.3, 0.4) is 0 Å². The highest BCUT2D eigenvalue weighted by Gasteiger charge is 2.20. The molecular formula is C19H12N4O4S2. The minimum absolute atomic E-state index is 0.140. The molecule has 2 aromatic heterocycles. The third kappa shape index (κ3) is 3.84. The quantitative estimate of drug-likeness (QED) is 0.379. The van der Waals surface area contributed by atoms with Gasteiger partial charge in [0.1, 0.15) is 10.6 Å². The van der Waals surface area contributed by atoms with E-state index >= 15 is 0 Å². The van der Waals surface area contributed by atoms with Gasteiger partial charge in [-0.05, 0) is 30.3 Å². The Bertz CT molecular complexity index is 1210. The van der Waals surface area contributed by atoms with Gasteiger partial charge in [0.25, 0.3) is 17.5 Å². The summed E-state index contributed by atoms with van der Waals surface area (Å²) in [6.07, 6.45) is 0. The molecule has 0 fully saturated rings. The van der Waals surface area contributed by atoms with Crippen molar-refractivity contribution in [2.24, 2.45) is 0 Å². The molecule has 0 atom stereocenters. The number of nitrogens with zero attached hydrogens (tertiary/aromatic N) is 2. The van der Waals surface area contributed by atoms with Crippen molar-refractivity contribution in [1.82, 2.24) is 15.8 Å². The molecule has 10 heteroatoms. The van der Waals surface area contributed by atoms with E-state index in [0.717, 1.165) is 20.1 Å². The summed E-state index contributed by atoms with van der Waals surface area (Å²) in [5.74, 6) is -1.29. The van der Waals surface area contributed by atoms with Gasteiger partial charge in [-0.25, -0.2) is 4.98 Å². The number of nitro groups is 1. The largest absolute Gasteiger partial charge is 0.282 e. The molecule has 2 aromatic carbocycles. The monoisotopic (exact) mass is 424 g/mol. The number of benzene rings is 2. The molecule has 144 valence electrons. The van der Waals surface area contributed by atoms with Crippen molar-refractivity contribution in [3.05, 3.63) is 81.2 Å². The normalized spacial score (nSPS) is 10.6. The van der Waals surface area contributed by atoms with Crippen LogP contribution in [-0.2, 0) is 0 Å². The van der Waals surface area contributed by atoms with E-state index in [2.05, 4.69) is 15.8 Å². The van der Waals surface area contributed by atoms with Gasteiger partial charge < -0.3 is 0 Å². The first-order valence-corrected chi connectivity index (χ1v) is 9.96. The van der Waals surface area contributed by atoms with Crippen LogP contribution in [0, 0.1) is 10.1 Å². The van der Waals surface area contributed by atoms with Crippen molar-refractivity contribution >= 4 is 50.4 Å². The molecule has 0 unspecified atom stereocenters. The first-order chi connectivity index (χ1) is 14.0. The van der Waals surface area contributed by atoms with E-state index in [1.807, 2.05) is 24.3 Å². The standard InChI is InChI=1S/C19H12N4O4S2/c24-17(11-5-1-3-7-13(11)23(26)27)21-22-18(25)15-9-10-16(28-15)19-20-12-6-2-4-8-14(12)29-19/h1-10H,(H,21,24)(H,22,25). The van der Waals surface area contributed by atoms with Gasteiger partial charge in [-0.2, -0.15) is 0 Å². The van der Waals surface area contributed by atoms with Gasteiger partial charge in [0, 0.05) is 6.07 Å². The highest BCUT2D eigenvalue weighted by molar-refractivity contribution is 7.26. The number of amides is 2. The molecule has 0 spiro atoms. The van der Waals surface area contributed by atoms with Gasteiger partial charge in [0.2, 0.25) is 0 Å². The van der Waals surface area contributed by atoms with Crippen molar-refractivity contribution in [3.63, 3.8) is 0 Å². The molecule has 4 rings (SSSR count). The van der Waals surface area contributed by atoms with Gasteiger partial charge in [-0.15, -0.1) is 22.7 Å². The number of thiazole rings is 1. The predicted octanol–water partition coefficient (Wildman–Crippen LogP) is 4.01. The summed E-state index contributed by atoms with van der Waals surface area (Å²) in [4.78, 5) is 40.7. The topological polar surface area (TPSA) is 114 Å². The highest BCUT2D eigenvalue weighted by atomic mass is 32.1. The molecule has 0 aliphatic heterocycles. The number of carbonyl (C=O) groups is 2. The Kier molecular flexibility index (Phi) is 5.02. The third-order valence-corrected chi connectivity index (χ3v) is 6.26. The van der Waals surface area contributed by atoms with Gasteiger partial charge in [-0.1, -0.05) is 24.3 Å². The van der Waals surface area contributed by atoms with E-state index in [4.69, 9.17) is 0 Å². The summed E-state index contributed by atoms with van der Waals surface area (Å²) in [6.45, 7) is 0. The van der Waals surface area contributed by atoms with Crippen molar-refractivity contribution in [2.45, 2.75) is 0 Å². The maximum Gasteiger partial charge on any atom is 0.282 e. The van der Waals surface area contributed by atoms with Crippen LogP contribution >= 0.6 is 22.7 Å². The van der Waals surface area contributed by atoms with Gasteiger partial charge >= 0.3 is 0 Å². The second kappa shape index (κ2) is 7.78. The zero-order valence-corrected chi connectivity index (χ0v) is 16.3. The minimum Gasteiger partial charge on any atom is -0.267 e. The number of nitro benzene ring substituents is 1. The van der Waals surface area contributed by atoms with Crippen molar-refractivity contribution in [1.29, 1.82) is 0 Å². The summed E-state index contributed by atoms with van der Waals surface area (Å²) < 4.78 is 1.05. The number of carbonyl (C=O) groups excluding carboxylic acids is 2. The molecule has 0 aliphatic carbocycles. The Labute approximate surface area is 172 Å². The van der Waals surface area contributed by atoms with Crippen LogP contribution in [-0.4, -0.2) is 21.7 Å². The fraction of sp³-hybridized carbons (Fsp3) is 0. The summed E-state index contributed by atoms with van der Waals surface area (Å²) in [5.41, 5.74) is 4.91. The number of thiophene rings is 1. The lowest BCUT2D eigenvalue weighted by Crippen LogP contribution is -2.41. The van der Waals surface area contributed by atoms with E-state index < -0.39 is 16.7 Å². The van der Waals surface area contributed by atoms with Crippen molar-refractivity contribution in [2.75, 3.05) is 0 Å². The van der Waals surface area contributed by atoms with Crippen LogP contribution in [0.15, 0.2) is 60.7 Å². The van der Waals surface area contributed by atoms with E-state index in [1.54, 1.807) is 12.1 Å². The Morgan fingerprint density at radius 2 is 1.62 bits per heavy atom. The van der Waals surface area contributed by atoms with E-state index in [0.29, 0.717) is 4.88 Å². The molecule has 0 bridgehead atoms. The number of hydrazine groups is 1. The molecule has 2 amide bonds. The Morgan fingerprint density at radius 3 is 2.41 bits per heavy atom. The number of fused-ring (bicyclic) bond motifs is 1. The summed E-state index contributed by atoms with van der Waals surface area (Å²) >= 11 is 2.77.